The van der Waals surface area contributed by atoms with Crippen molar-refractivity contribution in [3.63, 3.8) is 0 Å². The van der Waals surface area contributed by atoms with E-state index in [1.54, 1.807) is 0 Å². The minimum atomic E-state index is 0.278. The van der Waals surface area contributed by atoms with Gasteiger partial charge < -0.3 is 9.64 Å². The van der Waals surface area contributed by atoms with Crippen LogP contribution in [0.15, 0.2) is 30.3 Å². The van der Waals surface area contributed by atoms with Crippen LogP contribution in [0.25, 0.3) is 0 Å². The zero-order valence-electron chi connectivity index (χ0n) is 14.5. The lowest BCUT2D eigenvalue weighted by Crippen LogP contribution is -2.50. The van der Waals surface area contributed by atoms with E-state index in [4.69, 9.17) is 4.74 Å². The molecular formula is C19H30N2O2. The largest absolute Gasteiger partial charge is 0.381 e. The summed E-state index contributed by atoms with van der Waals surface area (Å²) in [6.45, 7) is 9.55. The van der Waals surface area contributed by atoms with E-state index in [-0.39, 0.29) is 5.91 Å². The molecule has 128 valence electrons. The average Bonchev–Trinajstić information content (AvgIpc) is 2.58. The highest BCUT2D eigenvalue weighted by molar-refractivity contribution is 5.76. The van der Waals surface area contributed by atoms with E-state index in [0.29, 0.717) is 19.1 Å². The molecule has 0 aliphatic carbocycles. The van der Waals surface area contributed by atoms with Crippen LogP contribution in [-0.4, -0.2) is 61.1 Å². The molecule has 1 aliphatic rings. The summed E-state index contributed by atoms with van der Waals surface area (Å²) >= 11 is 0. The van der Waals surface area contributed by atoms with Crippen LogP contribution in [0.5, 0.6) is 0 Å². The molecule has 1 aliphatic heterocycles. The third-order valence-corrected chi connectivity index (χ3v) is 4.45. The highest BCUT2D eigenvalue weighted by Gasteiger charge is 2.21. The number of benzene rings is 1. The number of amides is 1. The molecule has 2 rings (SSSR count). The fraction of sp³-hybridized carbons (Fsp3) is 0.632. The van der Waals surface area contributed by atoms with Crippen LogP contribution in [0.1, 0.15) is 32.3 Å². The molecule has 23 heavy (non-hydrogen) atoms. The molecule has 1 saturated heterocycles. The van der Waals surface area contributed by atoms with Gasteiger partial charge in [0, 0.05) is 45.2 Å². The van der Waals surface area contributed by atoms with Crippen molar-refractivity contribution in [2.45, 2.75) is 39.2 Å². The Morgan fingerprint density at radius 3 is 2.43 bits per heavy atom. The highest BCUT2D eigenvalue weighted by Crippen LogP contribution is 2.08. The first-order valence-corrected chi connectivity index (χ1v) is 8.80. The lowest BCUT2D eigenvalue weighted by Gasteiger charge is -2.37. The third kappa shape index (κ3) is 6.32. The van der Waals surface area contributed by atoms with Crippen LogP contribution in [-0.2, 0) is 16.0 Å². The van der Waals surface area contributed by atoms with Gasteiger partial charge >= 0.3 is 0 Å². The summed E-state index contributed by atoms with van der Waals surface area (Å²) in [6, 6.07) is 10.9. The Labute approximate surface area is 140 Å². The monoisotopic (exact) mass is 318 g/mol. The molecule has 0 N–H and O–H groups in total. The van der Waals surface area contributed by atoms with Gasteiger partial charge in [0.1, 0.15) is 0 Å². The maximum atomic E-state index is 12.2. The van der Waals surface area contributed by atoms with Crippen LogP contribution in [0.4, 0.5) is 0 Å². The normalized spacial score (nSPS) is 16.0. The van der Waals surface area contributed by atoms with Gasteiger partial charge in [0.15, 0.2) is 0 Å². The smallest absolute Gasteiger partial charge is 0.222 e. The first-order valence-electron chi connectivity index (χ1n) is 8.80. The number of carbonyl (C=O) groups is 1. The third-order valence-electron chi connectivity index (χ3n) is 4.45. The van der Waals surface area contributed by atoms with E-state index in [1.165, 1.54) is 5.56 Å². The Hall–Kier alpha value is -1.39. The minimum Gasteiger partial charge on any atom is -0.381 e. The van der Waals surface area contributed by atoms with Crippen molar-refractivity contribution in [3.8, 4) is 0 Å². The van der Waals surface area contributed by atoms with E-state index in [2.05, 4.69) is 30.9 Å². The second-order valence-electron chi connectivity index (χ2n) is 6.46. The zero-order chi connectivity index (χ0) is 16.5. The van der Waals surface area contributed by atoms with E-state index >= 15 is 0 Å². The number of ether oxygens (including phenoxy) is 1. The first-order chi connectivity index (χ1) is 11.2. The van der Waals surface area contributed by atoms with Crippen LogP contribution in [0.2, 0.25) is 0 Å². The zero-order valence-corrected chi connectivity index (χ0v) is 14.5. The maximum absolute atomic E-state index is 12.2. The predicted octanol–water partition coefficient (Wildman–Crippen LogP) is 2.58. The van der Waals surface area contributed by atoms with Crippen LogP contribution in [0, 0.1) is 0 Å². The molecule has 4 nitrogen and oxygen atoms in total. The Morgan fingerprint density at radius 2 is 1.78 bits per heavy atom. The second kappa shape index (κ2) is 9.68. The average molecular weight is 318 g/mol. The number of piperazine rings is 1. The van der Waals surface area contributed by atoms with E-state index in [0.717, 1.165) is 45.6 Å². The van der Waals surface area contributed by atoms with Gasteiger partial charge in [0.25, 0.3) is 0 Å². The Morgan fingerprint density at radius 1 is 1.09 bits per heavy atom. The molecule has 1 amide bonds. The van der Waals surface area contributed by atoms with Gasteiger partial charge in [-0.3, -0.25) is 9.69 Å². The lowest BCUT2D eigenvalue weighted by atomic mass is 10.2. The van der Waals surface area contributed by atoms with Crippen molar-refractivity contribution >= 4 is 5.91 Å². The van der Waals surface area contributed by atoms with Crippen molar-refractivity contribution in [2.24, 2.45) is 0 Å². The van der Waals surface area contributed by atoms with Crippen LogP contribution in [0.3, 0.4) is 0 Å². The molecule has 4 heteroatoms. The topological polar surface area (TPSA) is 32.8 Å². The van der Waals surface area contributed by atoms with Gasteiger partial charge in [-0.05, 0) is 32.3 Å². The van der Waals surface area contributed by atoms with Crippen LogP contribution < -0.4 is 0 Å². The first kappa shape index (κ1) is 18.0. The van der Waals surface area contributed by atoms with E-state index < -0.39 is 0 Å². The fourth-order valence-corrected chi connectivity index (χ4v) is 2.91. The Bertz CT molecular complexity index is 454. The van der Waals surface area contributed by atoms with E-state index in [9.17, 15) is 4.79 Å². The molecule has 0 atom stereocenters. The van der Waals surface area contributed by atoms with Crippen molar-refractivity contribution in [3.05, 3.63) is 35.9 Å². The Balaban J connectivity index is 1.52. The molecule has 0 radical (unpaired) electrons. The molecule has 0 bridgehead atoms. The van der Waals surface area contributed by atoms with Gasteiger partial charge in [0.2, 0.25) is 5.91 Å². The number of hydrogen-bond acceptors (Lipinski definition) is 3. The lowest BCUT2D eigenvalue weighted by molar-refractivity contribution is -0.133. The number of nitrogens with zero attached hydrogens (tertiary/aromatic N) is 2. The number of carbonyl (C=O) groups excluding carboxylic acids is 1. The van der Waals surface area contributed by atoms with Gasteiger partial charge in [-0.15, -0.1) is 0 Å². The van der Waals surface area contributed by atoms with Gasteiger partial charge in [-0.1, -0.05) is 30.3 Å². The fourth-order valence-electron chi connectivity index (χ4n) is 2.91. The molecule has 0 spiro atoms. The predicted molar refractivity (Wildman–Crippen MR) is 93.5 cm³/mol. The molecule has 0 saturated carbocycles. The second-order valence-corrected chi connectivity index (χ2v) is 6.46. The van der Waals surface area contributed by atoms with Gasteiger partial charge in [-0.2, -0.15) is 0 Å². The summed E-state index contributed by atoms with van der Waals surface area (Å²) in [5.41, 5.74) is 1.30. The van der Waals surface area contributed by atoms with Gasteiger partial charge in [-0.25, -0.2) is 0 Å². The van der Waals surface area contributed by atoms with Gasteiger partial charge in [0.05, 0.1) is 6.61 Å². The summed E-state index contributed by atoms with van der Waals surface area (Å²) in [6.07, 6.45) is 2.36. The summed E-state index contributed by atoms with van der Waals surface area (Å²) in [5, 5.41) is 0. The quantitative estimate of drug-likeness (QED) is 0.691. The molecule has 0 aromatic heterocycles. The SMILES string of the molecule is CC(C)N1CCN(C(=O)CCCOCCc2ccccc2)CC1. The summed E-state index contributed by atoms with van der Waals surface area (Å²) in [4.78, 5) is 16.6. The molecule has 1 heterocycles. The van der Waals surface area contributed by atoms with E-state index in [1.807, 2.05) is 23.1 Å². The van der Waals surface area contributed by atoms with Crippen molar-refractivity contribution in [2.75, 3.05) is 39.4 Å². The molecule has 1 aromatic rings. The van der Waals surface area contributed by atoms with Crippen molar-refractivity contribution in [1.29, 1.82) is 0 Å². The maximum Gasteiger partial charge on any atom is 0.222 e. The van der Waals surface area contributed by atoms with Crippen molar-refractivity contribution in [1.82, 2.24) is 9.80 Å². The molecule has 0 unspecified atom stereocenters. The summed E-state index contributed by atoms with van der Waals surface area (Å²) in [7, 11) is 0. The number of rotatable bonds is 8. The molecular weight excluding hydrogens is 288 g/mol. The van der Waals surface area contributed by atoms with Crippen LogP contribution >= 0.6 is 0 Å². The Kier molecular flexibility index (Phi) is 7.56. The highest BCUT2D eigenvalue weighted by atomic mass is 16.5. The standard InChI is InChI=1S/C19H30N2O2/c1-17(2)20-11-13-21(14-12-20)19(22)9-6-15-23-16-10-18-7-4-3-5-8-18/h3-5,7-8,17H,6,9-16H2,1-2H3. The molecule has 1 aromatic carbocycles. The summed E-state index contributed by atoms with van der Waals surface area (Å²) < 4.78 is 5.64. The minimum absolute atomic E-state index is 0.278. The number of hydrogen-bond donors (Lipinski definition) is 0. The molecule has 1 fully saturated rings. The van der Waals surface area contributed by atoms with Crippen molar-refractivity contribution < 1.29 is 9.53 Å². The summed E-state index contributed by atoms with van der Waals surface area (Å²) in [5.74, 6) is 0.278.